The molecule has 0 amide bonds. The first-order valence-electron chi connectivity index (χ1n) is 9.16. The summed E-state index contributed by atoms with van der Waals surface area (Å²) in [7, 11) is 1.72. The maximum absolute atomic E-state index is 6.33. The Morgan fingerprint density at radius 3 is 2.54 bits per heavy atom. The average Bonchev–Trinajstić information content (AvgIpc) is 3.18. The van der Waals surface area contributed by atoms with Crippen molar-refractivity contribution in [2.75, 3.05) is 7.11 Å². The predicted molar refractivity (Wildman–Crippen MR) is 107 cm³/mol. The third kappa shape index (κ3) is 3.47. The highest BCUT2D eigenvalue weighted by atomic mass is 35.5. The summed E-state index contributed by atoms with van der Waals surface area (Å²) in [6, 6.07) is 6.61. The van der Waals surface area contributed by atoms with E-state index < -0.39 is 0 Å². The SMILES string of the molecule is COc1ccc2c(c1)C(C1CCCC1)N=C(Cc1c(Cl)cncc1Cl)C2. The molecule has 1 fully saturated rings. The van der Waals surface area contributed by atoms with Crippen LogP contribution < -0.4 is 4.74 Å². The molecule has 4 rings (SSSR count). The highest BCUT2D eigenvalue weighted by Crippen LogP contribution is 2.43. The summed E-state index contributed by atoms with van der Waals surface area (Å²) in [6.45, 7) is 0. The van der Waals surface area contributed by atoms with Gasteiger partial charge in [-0.3, -0.25) is 9.98 Å². The molecule has 0 bridgehead atoms. The lowest BCUT2D eigenvalue weighted by atomic mass is 9.84. The number of fused-ring (bicyclic) bond motifs is 1. The van der Waals surface area contributed by atoms with Crippen molar-refractivity contribution in [1.29, 1.82) is 0 Å². The van der Waals surface area contributed by atoms with Gasteiger partial charge in [-0.25, -0.2) is 0 Å². The van der Waals surface area contributed by atoms with Crippen LogP contribution in [-0.2, 0) is 12.8 Å². The van der Waals surface area contributed by atoms with E-state index in [1.54, 1.807) is 19.5 Å². The van der Waals surface area contributed by atoms with Gasteiger partial charge in [0.1, 0.15) is 5.75 Å². The zero-order valence-electron chi connectivity index (χ0n) is 14.8. The first-order valence-corrected chi connectivity index (χ1v) is 9.91. The lowest BCUT2D eigenvalue weighted by molar-refractivity contribution is 0.408. The molecule has 0 radical (unpaired) electrons. The van der Waals surface area contributed by atoms with Gasteiger partial charge in [0.15, 0.2) is 0 Å². The van der Waals surface area contributed by atoms with E-state index in [1.807, 2.05) is 6.07 Å². The molecule has 136 valence electrons. The number of pyridine rings is 1. The third-order valence-corrected chi connectivity index (χ3v) is 6.22. The fourth-order valence-corrected chi connectivity index (χ4v) is 4.72. The summed E-state index contributed by atoms with van der Waals surface area (Å²) in [5, 5.41) is 1.22. The Kier molecular flexibility index (Phi) is 5.19. The summed E-state index contributed by atoms with van der Waals surface area (Å²) in [5.41, 5.74) is 4.74. The minimum atomic E-state index is 0.214. The number of hydrogen-bond donors (Lipinski definition) is 0. The molecule has 2 aromatic rings. The molecule has 0 N–H and O–H groups in total. The second-order valence-electron chi connectivity index (χ2n) is 7.18. The number of nitrogens with zero attached hydrogens (tertiary/aromatic N) is 2. The summed E-state index contributed by atoms with van der Waals surface area (Å²) in [6.07, 6.45) is 9.90. The molecule has 0 spiro atoms. The molecule has 3 nitrogen and oxygen atoms in total. The maximum Gasteiger partial charge on any atom is 0.119 e. The Hall–Kier alpha value is -1.58. The first-order chi connectivity index (χ1) is 12.7. The Morgan fingerprint density at radius 2 is 1.85 bits per heavy atom. The molecule has 2 aliphatic rings. The van der Waals surface area contributed by atoms with Crippen molar-refractivity contribution in [3.8, 4) is 5.75 Å². The third-order valence-electron chi connectivity index (χ3n) is 5.57. The van der Waals surface area contributed by atoms with Crippen LogP contribution in [0.15, 0.2) is 35.6 Å². The van der Waals surface area contributed by atoms with E-state index in [0.29, 0.717) is 22.4 Å². The van der Waals surface area contributed by atoms with Gasteiger partial charge in [0.25, 0.3) is 0 Å². The van der Waals surface area contributed by atoms with Gasteiger partial charge in [-0.05, 0) is 47.6 Å². The molecule has 5 heteroatoms. The topological polar surface area (TPSA) is 34.5 Å². The van der Waals surface area contributed by atoms with Gasteiger partial charge >= 0.3 is 0 Å². The van der Waals surface area contributed by atoms with Gasteiger partial charge in [0.05, 0.1) is 23.2 Å². The fraction of sp³-hybridized carbons (Fsp3) is 0.429. The molecule has 1 atom stereocenters. The van der Waals surface area contributed by atoms with Gasteiger partial charge in [-0.1, -0.05) is 42.1 Å². The van der Waals surface area contributed by atoms with E-state index in [4.69, 9.17) is 32.9 Å². The highest BCUT2D eigenvalue weighted by molar-refractivity contribution is 6.36. The van der Waals surface area contributed by atoms with Crippen molar-refractivity contribution >= 4 is 28.9 Å². The van der Waals surface area contributed by atoms with E-state index in [2.05, 4.69) is 17.1 Å². The lowest BCUT2D eigenvalue weighted by Gasteiger charge is -2.29. The molecule has 0 saturated heterocycles. The zero-order chi connectivity index (χ0) is 18.1. The summed E-state index contributed by atoms with van der Waals surface area (Å²) in [4.78, 5) is 9.23. The van der Waals surface area contributed by atoms with Crippen molar-refractivity contribution in [3.63, 3.8) is 0 Å². The van der Waals surface area contributed by atoms with Crippen molar-refractivity contribution in [2.24, 2.45) is 10.9 Å². The van der Waals surface area contributed by atoms with Gasteiger partial charge in [-0.2, -0.15) is 0 Å². The fourth-order valence-electron chi connectivity index (χ4n) is 4.22. The number of aliphatic imine (C=N–C) groups is 1. The normalized spacial score (nSPS) is 20.0. The van der Waals surface area contributed by atoms with Crippen molar-refractivity contribution in [1.82, 2.24) is 4.98 Å². The largest absolute Gasteiger partial charge is 0.497 e. The molecule has 1 aromatic heterocycles. The Labute approximate surface area is 164 Å². The van der Waals surface area contributed by atoms with Crippen LogP contribution in [0, 0.1) is 5.92 Å². The van der Waals surface area contributed by atoms with Crippen LogP contribution in [0.2, 0.25) is 10.0 Å². The summed E-state index contributed by atoms with van der Waals surface area (Å²) in [5.74, 6) is 1.52. The smallest absolute Gasteiger partial charge is 0.119 e. The molecular weight excluding hydrogens is 367 g/mol. The molecule has 1 aliphatic heterocycles. The minimum Gasteiger partial charge on any atom is -0.497 e. The molecule has 2 heterocycles. The quantitative estimate of drug-likeness (QED) is 0.656. The number of halogens is 2. The second-order valence-corrected chi connectivity index (χ2v) is 8.00. The summed E-state index contributed by atoms with van der Waals surface area (Å²) < 4.78 is 5.45. The Morgan fingerprint density at radius 1 is 1.12 bits per heavy atom. The van der Waals surface area contributed by atoms with Gasteiger partial charge in [-0.15, -0.1) is 0 Å². The van der Waals surface area contributed by atoms with Crippen LogP contribution in [0.3, 0.4) is 0 Å². The Bertz CT molecular complexity index is 824. The number of hydrogen-bond acceptors (Lipinski definition) is 3. The van der Waals surface area contributed by atoms with Crippen molar-refractivity contribution < 1.29 is 4.74 Å². The molecule has 26 heavy (non-hydrogen) atoms. The van der Waals surface area contributed by atoms with Gasteiger partial charge in [0.2, 0.25) is 0 Å². The average molecular weight is 389 g/mol. The number of benzene rings is 1. The predicted octanol–water partition coefficient (Wildman–Crippen LogP) is 5.87. The van der Waals surface area contributed by atoms with E-state index >= 15 is 0 Å². The molecule has 1 unspecified atom stereocenters. The lowest BCUT2D eigenvalue weighted by Crippen LogP contribution is -2.21. The maximum atomic E-state index is 6.33. The van der Waals surface area contributed by atoms with Crippen LogP contribution in [-0.4, -0.2) is 17.8 Å². The summed E-state index contributed by atoms with van der Waals surface area (Å²) >= 11 is 12.7. The number of rotatable bonds is 4. The van der Waals surface area contributed by atoms with Crippen LogP contribution in [0.25, 0.3) is 0 Å². The van der Waals surface area contributed by atoms with Crippen LogP contribution in [0.1, 0.15) is 48.4 Å². The standard InChI is InChI=1S/C21H22Cl2N2O/c1-26-16-7-6-14-8-15(9-18-19(22)11-24-12-20(18)23)25-21(17(14)10-16)13-4-2-3-5-13/h6-7,10-13,21H,2-5,8-9H2,1H3. The molecular formula is C21H22Cl2N2O. The van der Waals surface area contributed by atoms with E-state index in [-0.39, 0.29) is 6.04 Å². The Balaban J connectivity index is 1.70. The number of methoxy groups -OCH3 is 1. The van der Waals surface area contributed by atoms with Gasteiger partial charge in [0, 0.05) is 30.9 Å². The minimum absolute atomic E-state index is 0.214. The first kappa shape index (κ1) is 17.8. The van der Waals surface area contributed by atoms with Crippen LogP contribution in [0.4, 0.5) is 0 Å². The molecule has 1 aromatic carbocycles. The van der Waals surface area contributed by atoms with Crippen molar-refractivity contribution in [3.05, 3.63) is 57.3 Å². The van der Waals surface area contributed by atoms with E-state index in [0.717, 1.165) is 23.4 Å². The second kappa shape index (κ2) is 7.58. The van der Waals surface area contributed by atoms with E-state index in [1.165, 1.54) is 36.8 Å². The highest BCUT2D eigenvalue weighted by Gasteiger charge is 2.31. The van der Waals surface area contributed by atoms with E-state index in [9.17, 15) is 0 Å². The molecule has 1 saturated carbocycles. The van der Waals surface area contributed by atoms with Crippen molar-refractivity contribution in [2.45, 2.75) is 44.6 Å². The van der Waals surface area contributed by atoms with Crippen LogP contribution in [0.5, 0.6) is 5.75 Å². The van der Waals surface area contributed by atoms with Gasteiger partial charge < -0.3 is 4.74 Å². The molecule has 1 aliphatic carbocycles. The van der Waals surface area contributed by atoms with Crippen LogP contribution >= 0.6 is 23.2 Å². The zero-order valence-corrected chi connectivity index (χ0v) is 16.4. The monoisotopic (exact) mass is 388 g/mol. The number of aromatic nitrogens is 1. The number of ether oxygens (including phenoxy) is 1.